The maximum atomic E-state index is 12.5. The zero-order chi connectivity index (χ0) is 12.2. The summed E-state index contributed by atoms with van der Waals surface area (Å²) in [6.45, 7) is 3.49. The van der Waals surface area contributed by atoms with Gasteiger partial charge in [0.05, 0.1) is 11.1 Å². The predicted octanol–water partition coefficient (Wildman–Crippen LogP) is 2.62. The number of hydrogen-bond donors (Lipinski definition) is 1. The minimum atomic E-state index is -4.53. The smallest absolute Gasteiger partial charge is 0.349 e. The molecular formula is C11H10F3NO. The molecule has 0 radical (unpaired) electrons. The molecular weight excluding hydrogens is 219 g/mol. The first-order chi connectivity index (χ1) is 7.46. The highest BCUT2D eigenvalue weighted by Gasteiger charge is 2.34. The van der Waals surface area contributed by atoms with Crippen LogP contribution in [0.25, 0.3) is 0 Å². The van der Waals surface area contributed by atoms with Crippen molar-refractivity contribution < 1.29 is 18.0 Å². The fourth-order valence-electron chi connectivity index (χ4n) is 1.19. The summed E-state index contributed by atoms with van der Waals surface area (Å²) in [5.74, 6) is -0.757. The number of nitrogens with one attached hydrogen (secondary N) is 1. The standard InChI is InChI=1S/C11H10F3NO/c1-2-7-15-10(16)8-5-3-4-6-9(8)11(12,13)14/h2-6H,1,7H2,(H,15,16). The Kier molecular flexibility index (Phi) is 3.71. The topological polar surface area (TPSA) is 29.1 Å². The molecule has 0 aliphatic carbocycles. The molecule has 16 heavy (non-hydrogen) atoms. The second kappa shape index (κ2) is 4.83. The lowest BCUT2D eigenvalue weighted by Crippen LogP contribution is -2.26. The van der Waals surface area contributed by atoms with Gasteiger partial charge in [-0.2, -0.15) is 13.2 Å². The molecule has 1 aromatic rings. The quantitative estimate of drug-likeness (QED) is 0.793. The molecule has 86 valence electrons. The van der Waals surface area contributed by atoms with E-state index in [-0.39, 0.29) is 12.1 Å². The Morgan fingerprint density at radius 3 is 2.56 bits per heavy atom. The van der Waals surface area contributed by atoms with Crippen LogP contribution in [0.15, 0.2) is 36.9 Å². The Morgan fingerprint density at radius 1 is 1.38 bits per heavy atom. The van der Waals surface area contributed by atoms with Crippen LogP contribution >= 0.6 is 0 Å². The van der Waals surface area contributed by atoms with Crippen molar-refractivity contribution in [1.82, 2.24) is 5.32 Å². The monoisotopic (exact) mass is 229 g/mol. The van der Waals surface area contributed by atoms with Gasteiger partial charge in [-0.05, 0) is 12.1 Å². The summed E-state index contributed by atoms with van der Waals surface area (Å²) >= 11 is 0. The minimum absolute atomic E-state index is 0.130. The van der Waals surface area contributed by atoms with Crippen LogP contribution in [0.3, 0.4) is 0 Å². The van der Waals surface area contributed by atoms with Gasteiger partial charge >= 0.3 is 6.18 Å². The van der Waals surface area contributed by atoms with E-state index in [4.69, 9.17) is 0 Å². The number of halogens is 3. The molecule has 0 saturated heterocycles. The van der Waals surface area contributed by atoms with Crippen LogP contribution in [0.4, 0.5) is 13.2 Å². The molecule has 1 aromatic carbocycles. The summed E-state index contributed by atoms with van der Waals surface area (Å²) in [6.07, 6.45) is -3.13. The number of rotatable bonds is 3. The number of alkyl halides is 3. The molecule has 0 aliphatic heterocycles. The highest BCUT2D eigenvalue weighted by atomic mass is 19.4. The Hall–Kier alpha value is -1.78. The SMILES string of the molecule is C=CCNC(=O)c1ccccc1C(F)(F)F. The zero-order valence-corrected chi connectivity index (χ0v) is 8.34. The van der Waals surface area contributed by atoms with Gasteiger partial charge in [0.25, 0.3) is 5.91 Å². The normalized spacial score (nSPS) is 10.9. The maximum absolute atomic E-state index is 12.5. The Morgan fingerprint density at radius 2 is 2.00 bits per heavy atom. The summed E-state index contributed by atoms with van der Waals surface area (Å²) in [5, 5.41) is 2.30. The van der Waals surface area contributed by atoms with Crippen molar-refractivity contribution in [2.24, 2.45) is 0 Å². The van der Waals surface area contributed by atoms with Crippen LogP contribution in [0.2, 0.25) is 0 Å². The van der Waals surface area contributed by atoms with Crippen LogP contribution < -0.4 is 5.32 Å². The van der Waals surface area contributed by atoms with Crippen molar-refractivity contribution in [3.63, 3.8) is 0 Å². The second-order valence-corrected chi connectivity index (χ2v) is 3.04. The highest BCUT2D eigenvalue weighted by Crippen LogP contribution is 2.31. The molecule has 1 rings (SSSR count). The maximum Gasteiger partial charge on any atom is 0.417 e. The third-order valence-corrected chi connectivity index (χ3v) is 1.88. The van der Waals surface area contributed by atoms with Crippen molar-refractivity contribution in [2.75, 3.05) is 6.54 Å². The highest BCUT2D eigenvalue weighted by molar-refractivity contribution is 5.95. The molecule has 2 nitrogen and oxygen atoms in total. The van der Waals surface area contributed by atoms with Gasteiger partial charge in [-0.15, -0.1) is 6.58 Å². The Balaban J connectivity index is 3.04. The number of hydrogen-bond acceptors (Lipinski definition) is 1. The molecule has 0 aliphatic rings. The zero-order valence-electron chi connectivity index (χ0n) is 8.34. The lowest BCUT2D eigenvalue weighted by Gasteiger charge is -2.11. The van der Waals surface area contributed by atoms with E-state index < -0.39 is 17.6 Å². The molecule has 0 bridgehead atoms. The van der Waals surface area contributed by atoms with E-state index in [1.807, 2.05) is 0 Å². The Labute approximate surface area is 90.8 Å². The van der Waals surface area contributed by atoms with E-state index in [1.165, 1.54) is 18.2 Å². The minimum Gasteiger partial charge on any atom is -0.349 e. The van der Waals surface area contributed by atoms with Gasteiger partial charge in [0, 0.05) is 6.54 Å². The largest absolute Gasteiger partial charge is 0.417 e. The van der Waals surface area contributed by atoms with Crippen molar-refractivity contribution >= 4 is 5.91 Å². The van der Waals surface area contributed by atoms with Gasteiger partial charge in [-0.25, -0.2) is 0 Å². The Bertz CT molecular complexity index is 398. The van der Waals surface area contributed by atoms with Gasteiger partial charge < -0.3 is 5.32 Å². The number of carbonyl (C=O) groups excluding carboxylic acids is 1. The van der Waals surface area contributed by atoms with E-state index in [2.05, 4.69) is 11.9 Å². The van der Waals surface area contributed by atoms with Gasteiger partial charge in [0.1, 0.15) is 0 Å². The molecule has 0 heterocycles. The summed E-state index contributed by atoms with van der Waals surface area (Å²) in [5.41, 5.74) is -1.31. The van der Waals surface area contributed by atoms with Crippen LogP contribution in [-0.4, -0.2) is 12.5 Å². The first kappa shape index (κ1) is 12.3. The van der Waals surface area contributed by atoms with E-state index >= 15 is 0 Å². The van der Waals surface area contributed by atoms with Crippen LogP contribution in [0.5, 0.6) is 0 Å². The molecule has 1 N–H and O–H groups in total. The van der Waals surface area contributed by atoms with Crippen molar-refractivity contribution in [3.05, 3.63) is 48.0 Å². The summed E-state index contributed by atoms with van der Waals surface area (Å²) < 4.78 is 37.6. The summed E-state index contributed by atoms with van der Waals surface area (Å²) in [7, 11) is 0. The van der Waals surface area contributed by atoms with Crippen molar-refractivity contribution in [2.45, 2.75) is 6.18 Å². The van der Waals surface area contributed by atoms with Gasteiger partial charge in [0.2, 0.25) is 0 Å². The van der Waals surface area contributed by atoms with Gasteiger partial charge in [0.15, 0.2) is 0 Å². The molecule has 0 unspecified atom stereocenters. The molecule has 1 amide bonds. The fraction of sp³-hybridized carbons (Fsp3) is 0.182. The van der Waals surface area contributed by atoms with Crippen molar-refractivity contribution in [3.8, 4) is 0 Å². The van der Waals surface area contributed by atoms with E-state index in [1.54, 1.807) is 0 Å². The number of carbonyl (C=O) groups is 1. The van der Waals surface area contributed by atoms with Crippen LogP contribution in [-0.2, 0) is 6.18 Å². The van der Waals surface area contributed by atoms with Gasteiger partial charge in [-0.1, -0.05) is 18.2 Å². The molecule has 0 saturated carbocycles. The summed E-state index contributed by atoms with van der Waals surface area (Å²) in [4.78, 5) is 11.4. The first-order valence-electron chi connectivity index (χ1n) is 4.52. The first-order valence-corrected chi connectivity index (χ1v) is 4.52. The lowest BCUT2D eigenvalue weighted by molar-refractivity contribution is -0.137. The number of benzene rings is 1. The average Bonchev–Trinajstić information content (AvgIpc) is 2.24. The van der Waals surface area contributed by atoms with Crippen LogP contribution in [0, 0.1) is 0 Å². The third kappa shape index (κ3) is 2.85. The molecule has 0 aromatic heterocycles. The van der Waals surface area contributed by atoms with Gasteiger partial charge in [-0.3, -0.25) is 4.79 Å². The lowest BCUT2D eigenvalue weighted by atomic mass is 10.1. The van der Waals surface area contributed by atoms with E-state index in [0.29, 0.717) is 0 Å². The molecule has 0 atom stereocenters. The van der Waals surface area contributed by atoms with E-state index in [0.717, 1.165) is 12.1 Å². The predicted molar refractivity (Wildman–Crippen MR) is 54.0 cm³/mol. The summed E-state index contributed by atoms with van der Waals surface area (Å²) in [6, 6.07) is 4.65. The van der Waals surface area contributed by atoms with Crippen LogP contribution in [0.1, 0.15) is 15.9 Å². The fourth-order valence-corrected chi connectivity index (χ4v) is 1.19. The molecule has 0 spiro atoms. The average molecular weight is 229 g/mol. The number of amides is 1. The third-order valence-electron chi connectivity index (χ3n) is 1.88. The second-order valence-electron chi connectivity index (χ2n) is 3.04. The van der Waals surface area contributed by atoms with E-state index in [9.17, 15) is 18.0 Å². The molecule has 5 heteroatoms. The molecule has 0 fully saturated rings. The van der Waals surface area contributed by atoms with Crippen molar-refractivity contribution in [1.29, 1.82) is 0 Å².